The maximum atomic E-state index is 13.2. The number of fused-ring (bicyclic) bond motifs is 2. The fourth-order valence-electron chi connectivity index (χ4n) is 4.96. The van der Waals surface area contributed by atoms with Gasteiger partial charge < -0.3 is 18.8 Å². The number of furan rings is 1. The van der Waals surface area contributed by atoms with Crippen LogP contribution in [0.15, 0.2) is 41.0 Å². The molecule has 3 heterocycles. The molecule has 11 heteroatoms. The zero-order chi connectivity index (χ0) is 26.2. The van der Waals surface area contributed by atoms with E-state index in [-0.39, 0.29) is 18.5 Å². The maximum absolute atomic E-state index is 13.2. The summed E-state index contributed by atoms with van der Waals surface area (Å²) >= 11 is 0. The van der Waals surface area contributed by atoms with Gasteiger partial charge in [0.1, 0.15) is 30.2 Å². The minimum atomic E-state index is -4.61. The van der Waals surface area contributed by atoms with Gasteiger partial charge >= 0.3 is 12.8 Å². The molecule has 3 aromatic rings. The molecule has 6 nitrogen and oxygen atoms in total. The Kier molecular flexibility index (Phi) is 6.98. The van der Waals surface area contributed by atoms with Gasteiger partial charge in [-0.25, -0.2) is 0 Å². The maximum Gasteiger partial charge on any atom is 0.406 e. The number of alkyl halides is 5. The molecular weight excluding hydrogens is 499 g/mol. The van der Waals surface area contributed by atoms with Crippen LogP contribution in [0.3, 0.4) is 0 Å². The zero-order valence-electron chi connectivity index (χ0n) is 19.8. The van der Waals surface area contributed by atoms with Gasteiger partial charge in [0.05, 0.1) is 11.8 Å². The van der Waals surface area contributed by atoms with Crippen molar-refractivity contribution in [2.45, 2.75) is 32.1 Å². The topological polar surface area (TPSA) is 55.1 Å². The molecule has 1 fully saturated rings. The average molecular weight is 524 g/mol. The van der Waals surface area contributed by atoms with Gasteiger partial charge in [0, 0.05) is 30.1 Å². The van der Waals surface area contributed by atoms with Crippen molar-refractivity contribution in [3.8, 4) is 22.6 Å². The molecule has 0 unspecified atom stereocenters. The minimum absolute atomic E-state index is 0.0649. The van der Waals surface area contributed by atoms with Gasteiger partial charge in [0.15, 0.2) is 0 Å². The lowest BCUT2D eigenvalue weighted by Crippen LogP contribution is -2.43. The largest absolute Gasteiger partial charge is 0.492 e. The van der Waals surface area contributed by atoms with Gasteiger partial charge in [-0.05, 0) is 67.7 Å². The first kappa shape index (κ1) is 25.3. The van der Waals surface area contributed by atoms with E-state index in [1.54, 1.807) is 24.3 Å². The predicted octanol–water partition coefficient (Wildman–Crippen LogP) is 5.74. The Labute approximate surface area is 209 Å². The number of nitrogens with zero attached hydrogens (tertiary/aromatic N) is 2. The highest BCUT2D eigenvalue weighted by Crippen LogP contribution is 2.39. The molecule has 2 aromatic carbocycles. The van der Waals surface area contributed by atoms with E-state index in [0.717, 1.165) is 19.6 Å². The molecule has 1 amide bonds. The Morgan fingerprint density at radius 1 is 1.05 bits per heavy atom. The monoisotopic (exact) mass is 524 g/mol. The molecule has 0 radical (unpaired) electrons. The Hall–Kier alpha value is -3.34. The lowest BCUT2D eigenvalue weighted by Gasteiger charge is -2.30. The summed E-state index contributed by atoms with van der Waals surface area (Å²) in [5, 5.41) is 0.690. The van der Waals surface area contributed by atoms with Crippen LogP contribution in [0.5, 0.6) is 11.5 Å². The number of likely N-dealkylation sites (tertiary alicyclic amines) is 1. The Bertz CT molecular complexity index is 1280. The second-order valence-corrected chi connectivity index (χ2v) is 9.18. The number of rotatable bonds is 8. The number of hydrogen-bond acceptors (Lipinski definition) is 5. The van der Waals surface area contributed by atoms with E-state index in [1.807, 2.05) is 0 Å². The molecule has 5 rings (SSSR count). The third-order valence-corrected chi connectivity index (χ3v) is 6.66. The van der Waals surface area contributed by atoms with Crippen LogP contribution in [-0.2, 0) is 6.42 Å². The lowest BCUT2D eigenvalue weighted by atomic mass is 9.92. The normalized spacial score (nSPS) is 16.6. The van der Waals surface area contributed by atoms with E-state index in [1.165, 1.54) is 25.2 Å². The molecule has 2 aliphatic rings. The molecule has 0 spiro atoms. The van der Waals surface area contributed by atoms with E-state index in [4.69, 9.17) is 9.15 Å². The predicted molar refractivity (Wildman–Crippen MR) is 125 cm³/mol. The van der Waals surface area contributed by atoms with Crippen LogP contribution < -0.4 is 9.47 Å². The smallest absolute Gasteiger partial charge is 0.406 e. The van der Waals surface area contributed by atoms with Crippen molar-refractivity contribution >= 4 is 16.9 Å². The van der Waals surface area contributed by atoms with Gasteiger partial charge in [-0.1, -0.05) is 0 Å². The molecule has 2 aliphatic heterocycles. The number of amides is 1. The Morgan fingerprint density at radius 2 is 1.84 bits per heavy atom. The summed E-state index contributed by atoms with van der Waals surface area (Å²) in [5.41, 5.74) is 1.61. The van der Waals surface area contributed by atoms with Crippen molar-refractivity contribution in [1.29, 1.82) is 0 Å². The van der Waals surface area contributed by atoms with E-state index >= 15 is 0 Å². The second kappa shape index (κ2) is 10.2. The van der Waals surface area contributed by atoms with E-state index < -0.39 is 31.0 Å². The quantitative estimate of drug-likeness (QED) is 0.352. The third-order valence-electron chi connectivity index (χ3n) is 6.66. The first-order chi connectivity index (χ1) is 17.7. The van der Waals surface area contributed by atoms with Crippen LogP contribution in [0.25, 0.3) is 22.1 Å². The molecule has 0 bridgehead atoms. The number of benzene rings is 2. The van der Waals surface area contributed by atoms with Gasteiger partial charge in [0.25, 0.3) is 5.91 Å². The number of carbonyl (C=O) groups is 1. The van der Waals surface area contributed by atoms with Crippen LogP contribution >= 0.6 is 0 Å². The van der Waals surface area contributed by atoms with Crippen molar-refractivity contribution in [2.24, 2.45) is 0 Å². The average Bonchev–Trinajstić information content (AvgIpc) is 3.49. The lowest BCUT2D eigenvalue weighted by molar-refractivity contribution is -0.141. The van der Waals surface area contributed by atoms with Crippen LogP contribution in [0.2, 0.25) is 0 Å². The summed E-state index contributed by atoms with van der Waals surface area (Å²) in [6.07, 6.45) is -0.673. The van der Waals surface area contributed by atoms with Crippen molar-refractivity contribution in [2.75, 3.05) is 39.3 Å². The van der Waals surface area contributed by atoms with E-state index in [2.05, 4.69) is 9.64 Å². The molecule has 37 heavy (non-hydrogen) atoms. The van der Waals surface area contributed by atoms with E-state index in [9.17, 15) is 26.7 Å². The van der Waals surface area contributed by atoms with Crippen LogP contribution in [0.1, 0.15) is 28.8 Å². The van der Waals surface area contributed by atoms with Crippen molar-refractivity contribution < 1.29 is 40.6 Å². The number of hydrogen-bond donors (Lipinski definition) is 0. The van der Waals surface area contributed by atoms with Crippen LogP contribution in [0.4, 0.5) is 22.0 Å². The first-order valence-corrected chi connectivity index (χ1v) is 12.0. The fourth-order valence-corrected chi connectivity index (χ4v) is 4.96. The first-order valence-electron chi connectivity index (χ1n) is 12.0. The Morgan fingerprint density at radius 3 is 2.57 bits per heavy atom. The highest BCUT2D eigenvalue weighted by molar-refractivity contribution is 6.02. The Balaban J connectivity index is 1.42. The summed E-state index contributed by atoms with van der Waals surface area (Å²) in [7, 11) is 0. The van der Waals surface area contributed by atoms with Gasteiger partial charge in [-0.3, -0.25) is 9.69 Å². The summed E-state index contributed by atoms with van der Waals surface area (Å²) in [6, 6.07) is 8.18. The molecular formula is C26H25F5N2O4. The molecule has 198 valence electrons. The minimum Gasteiger partial charge on any atom is -0.492 e. The van der Waals surface area contributed by atoms with Crippen LogP contribution in [0, 0.1) is 0 Å². The molecule has 0 aliphatic carbocycles. The highest BCUT2D eigenvalue weighted by Gasteiger charge is 2.37. The van der Waals surface area contributed by atoms with Gasteiger partial charge in [0.2, 0.25) is 0 Å². The number of ether oxygens (including phenoxy) is 2. The third kappa shape index (κ3) is 5.66. The molecule has 0 saturated carbocycles. The number of carbonyl (C=O) groups excluding carboxylic acids is 1. The zero-order valence-corrected chi connectivity index (χ0v) is 19.8. The molecule has 1 saturated heterocycles. The highest BCUT2D eigenvalue weighted by atomic mass is 19.4. The van der Waals surface area contributed by atoms with Crippen LogP contribution in [-0.4, -0.2) is 67.8 Å². The molecule has 0 atom stereocenters. The SMILES string of the molecule is O=C1c2c(cc(-c3coc4cc(OCCN5CCCC5)ccc34)cc2OC(F)F)CCN1CC(F)(F)F. The van der Waals surface area contributed by atoms with E-state index in [0.29, 0.717) is 44.9 Å². The standard InChI is InChI=1S/C26H25F5N2O4/c27-25(28)37-22-12-17(11-16-5-8-33(15-26(29,30)31)24(34)23(16)22)20-14-36-21-13-18(3-4-19(20)21)35-10-9-32-6-1-2-7-32/h3-4,11-14,25H,1-2,5-10,15H2. The fraction of sp³-hybridized carbons (Fsp3) is 0.423. The summed E-state index contributed by atoms with van der Waals surface area (Å²) in [4.78, 5) is 15.7. The molecule has 0 N–H and O–H groups in total. The van der Waals surface area contributed by atoms with Crippen molar-refractivity contribution in [3.63, 3.8) is 0 Å². The second-order valence-electron chi connectivity index (χ2n) is 9.18. The summed E-state index contributed by atoms with van der Waals surface area (Å²) in [6.45, 7) is -1.38. The molecule has 1 aromatic heterocycles. The number of halogens is 5. The summed E-state index contributed by atoms with van der Waals surface area (Å²) < 4.78 is 81.3. The van der Waals surface area contributed by atoms with Gasteiger partial charge in [-0.15, -0.1) is 0 Å². The summed E-state index contributed by atoms with van der Waals surface area (Å²) in [5.74, 6) is -0.820. The van der Waals surface area contributed by atoms with Crippen molar-refractivity contribution in [1.82, 2.24) is 9.80 Å². The van der Waals surface area contributed by atoms with Crippen molar-refractivity contribution in [3.05, 3.63) is 47.7 Å². The van der Waals surface area contributed by atoms with Gasteiger partial charge in [-0.2, -0.15) is 22.0 Å².